The summed E-state index contributed by atoms with van der Waals surface area (Å²) < 4.78 is 5.55. The normalized spacial score (nSPS) is 28.8. The maximum Gasteiger partial charge on any atom is 0.111 e. The minimum atomic E-state index is 0.222. The highest BCUT2D eigenvalue weighted by molar-refractivity contribution is 5.29. The summed E-state index contributed by atoms with van der Waals surface area (Å²) in [6.07, 6.45) is 12.8. The zero-order valence-electron chi connectivity index (χ0n) is 10.9. The van der Waals surface area contributed by atoms with E-state index in [4.69, 9.17) is 4.74 Å². The van der Waals surface area contributed by atoms with Crippen LogP contribution in [0.15, 0.2) is 35.5 Å². The Balaban J connectivity index is 1.83. The van der Waals surface area contributed by atoms with Gasteiger partial charge in [0.25, 0.3) is 0 Å². The number of nitrogens with one attached hydrogen (secondary N) is 1. The number of rotatable bonds is 4. The summed E-state index contributed by atoms with van der Waals surface area (Å²) in [4.78, 5) is 0. The van der Waals surface area contributed by atoms with Crippen LogP contribution in [0.2, 0.25) is 0 Å². The Bertz CT molecular complexity index is 341. The first-order valence-corrected chi connectivity index (χ1v) is 6.68. The van der Waals surface area contributed by atoms with Crippen LogP contribution in [0.3, 0.4) is 0 Å². The largest absolute Gasteiger partial charge is 0.363 e. The van der Waals surface area contributed by atoms with Gasteiger partial charge in [-0.2, -0.15) is 0 Å². The molecule has 1 aliphatic heterocycles. The lowest BCUT2D eigenvalue weighted by molar-refractivity contribution is 0.0391. The van der Waals surface area contributed by atoms with Gasteiger partial charge >= 0.3 is 0 Å². The third-order valence-electron chi connectivity index (χ3n) is 3.37. The summed E-state index contributed by atoms with van der Waals surface area (Å²) in [5.41, 5.74) is 2.96. The van der Waals surface area contributed by atoms with Crippen LogP contribution in [0, 0.1) is 5.92 Å². The third kappa shape index (κ3) is 3.83. The van der Waals surface area contributed by atoms with Crippen molar-refractivity contribution in [2.24, 2.45) is 5.92 Å². The third-order valence-corrected chi connectivity index (χ3v) is 3.37. The monoisotopic (exact) mass is 233 g/mol. The van der Waals surface area contributed by atoms with Gasteiger partial charge in [0.2, 0.25) is 0 Å². The van der Waals surface area contributed by atoms with E-state index in [1.807, 2.05) is 6.92 Å². The van der Waals surface area contributed by atoms with Crippen molar-refractivity contribution in [1.82, 2.24) is 5.32 Å². The number of hydrogen-bond donors (Lipinski definition) is 1. The Hall–Kier alpha value is -0.860. The molecule has 0 saturated carbocycles. The van der Waals surface area contributed by atoms with Crippen LogP contribution in [0.1, 0.15) is 33.1 Å². The average Bonchev–Trinajstić information content (AvgIpc) is 2.35. The molecule has 0 amide bonds. The molecule has 0 saturated heterocycles. The van der Waals surface area contributed by atoms with Crippen LogP contribution in [0.4, 0.5) is 0 Å². The van der Waals surface area contributed by atoms with E-state index in [-0.39, 0.29) is 6.23 Å². The number of hydrogen-bond acceptors (Lipinski definition) is 2. The van der Waals surface area contributed by atoms with Gasteiger partial charge in [-0.25, -0.2) is 0 Å². The molecule has 0 spiro atoms. The van der Waals surface area contributed by atoms with E-state index in [1.165, 1.54) is 17.6 Å². The summed E-state index contributed by atoms with van der Waals surface area (Å²) in [5.74, 6) is 0.708. The molecule has 2 nitrogen and oxygen atoms in total. The quantitative estimate of drug-likeness (QED) is 0.753. The van der Waals surface area contributed by atoms with Gasteiger partial charge in [0.15, 0.2) is 0 Å². The second kappa shape index (κ2) is 6.18. The first-order valence-electron chi connectivity index (χ1n) is 6.68. The first kappa shape index (κ1) is 12.6. The average molecular weight is 233 g/mol. The zero-order chi connectivity index (χ0) is 12.1. The Labute approximate surface area is 104 Å². The van der Waals surface area contributed by atoms with Crippen molar-refractivity contribution in [3.8, 4) is 0 Å². The molecule has 1 aliphatic carbocycles. The topological polar surface area (TPSA) is 21.3 Å². The highest BCUT2D eigenvalue weighted by atomic mass is 16.5. The Morgan fingerprint density at radius 3 is 2.82 bits per heavy atom. The van der Waals surface area contributed by atoms with Crippen molar-refractivity contribution in [2.45, 2.75) is 39.3 Å². The summed E-state index contributed by atoms with van der Waals surface area (Å²) in [6.45, 7) is 6.05. The fourth-order valence-electron chi connectivity index (χ4n) is 2.30. The lowest BCUT2D eigenvalue weighted by Gasteiger charge is -2.24. The first-order chi connectivity index (χ1) is 8.28. The summed E-state index contributed by atoms with van der Waals surface area (Å²) >= 11 is 0. The van der Waals surface area contributed by atoms with Crippen LogP contribution in [-0.4, -0.2) is 19.4 Å². The molecule has 0 radical (unpaired) electrons. The molecular formula is C15H23NO. The minimum absolute atomic E-state index is 0.222. The van der Waals surface area contributed by atoms with E-state index < -0.39 is 0 Å². The van der Waals surface area contributed by atoms with Crippen LogP contribution in [-0.2, 0) is 4.74 Å². The van der Waals surface area contributed by atoms with Crippen molar-refractivity contribution in [1.29, 1.82) is 0 Å². The predicted molar refractivity (Wildman–Crippen MR) is 71.7 cm³/mol. The smallest absolute Gasteiger partial charge is 0.111 e. The standard InChI is InChI=1S/C15H23NO/c1-3-17-15-9-8-14(11-16-15)10-13-6-4-12(2)5-7-13/h4,6-8,12,15-16H,3,5,9-11H2,1-2H3/t12-,15-/m1/s1. The van der Waals surface area contributed by atoms with Crippen LogP contribution >= 0.6 is 0 Å². The van der Waals surface area contributed by atoms with Gasteiger partial charge in [-0.1, -0.05) is 36.8 Å². The molecule has 2 heteroatoms. The highest BCUT2D eigenvalue weighted by Gasteiger charge is 2.14. The summed E-state index contributed by atoms with van der Waals surface area (Å²) in [6, 6.07) is 0. The molecule has 2 aliphatic rings. The van der Waals surface area contributed by atoms with E-state index >= 15 is 0 Å². The fraction of sp³-hybridized carbons (Fsp3) is 0.600. The highest BCUT2D eigenvalue weighted by Crippen LogP contribution is 2.22. The van der Waals surface area contributed by atoms with Crippen LogP contribution < -0.4 is 5.32 Å². The lowest BCUT2D eigenvalue weighted by Crippen LogP contribution is -2.36. The van der Waals surface area contributed by atoms with Gasteiger partial charge in [0.05, 0.1) is 0 Å². The molecule has 1 N–H and O–H groups in total. The van der Waals surface area contributed by atoms with E-state index in [0.29, 0.717) is 5.92 Å². The molecule has 17 heavy (non-hydrogen) atoms. The van der Waals surface area contributed by atoms with Gasteiger partial charge in [0.1, 0.15) is 6.23 Å². The molecule has 0 aromatic heterocycles. The Morgan fingerprint density at radius 1 is 1.35 bits per heavy atom. The number of allylic oxidation sites excluding steroid dienone is 4. The van der Waals surface area contributed by atoms with Crippen molar-refractivity contribution in [3.63, 3.8) is 0 Å². The molecule has 94 valence electrons. The Kier molecular flexibility index (Phi) is 4.57. The van der Waals surface area contributed by atoms with E-state index in [1.54, 1.807) is 0 Å². The molecule has 2 atom stereocenters. The minimum Gasteiger partial charge on any atom is -0.363 e. The molecule has 2 rings (SSSR count). The summed E-state index contributed by atoms with van der Waals surface area (Å²) in [5, 5.41) is 3.43. The van der Waals surface area contributed by atoms with Gasteiger partial charge in [-0.3, -0.25) is 5.32 Å². The maximum atomic E-state index is 5.55. The molecule has 0 unspecified atom stereocenters. The molecule has 0 aromatic carbocycles. The van der Waals surface area contributed by atoms with Crippen LogP contribution in [0.25, 0.3) is 0 Å². The van der Waals surface area contributed by atoms with E-state index in [0.717, 1.165) is 26.0 Å². The lowest BCUT2D eigenvalue weighted by atomic mass is 9.93. The van der Waals surface area contributed by atoms with Crippen LogP contribution in [0.5, 0.6) is 0 Å². The maximum absolute atomic E-state index is 5.55. The zero-order valence-corrected chi connectivity index (χ0v) is 10.9. The van der Waals surface area contributed by atoms with Crippen molar-refractivity contribution < 1.29 is 4.74 Å². The molecule has 0 fully saturated rings. The molecule has 0 aromatic rings. The molecular weight excluding hydrogens is 210 g/mol. The predicted octanol–water partition coefficient (Wildman–Crippen LogP) is 3.18. The SMILES string of the molecule is CCO[C@@H]1CC=C(CC2=CC[C@H](C)C=C2)CN1. The summed E-state index contributed by atoms with van der Waals surface area (Å²) in [7, 11) is 0. The van der Waals surface area contributed by atoms with E-state index in [9.17, 15) is 0 Å². The van der Waals surface area contributed by atoms with Crippen molar-refractivity contribution >= 4 is 0 Å². The Morgan fingerprint density at radius 2 is 2.24 bits per heavy atom. The van der Waals surface area contributed by atoms with Gasteiger partial charge < -0.3 is 4.74 Å². The second-order valence-corrected chi connectivity index (χ2v) is 4.95. The molecule has 1 heterocycles. The van der Waals surface area contributed by atoms with Crippen molar-refractivity contribution in [2.75, 3.05) is 13.2 Å². The van der Waals surface area contributed by atoms with E-state index in [2.05, 4.69) is 36.5 Å². The van der Waals surface area contributed by atoms with Gasteiger partial charge in [-0.05, 0) is 31.3 Å². The fourth-order valence-corrected chi connectivity index (χ4v) is 2.30. The van der Waals surface area contributed by atoms with Gasteiger partial charge in [-0.15, -0.1) is 0 Å². The number of ether oxygens (including phenoxy) is 1. The van der Waals surface area contributed by atoms with Crippen molar-refractivity contribution in [3.05, 3.63) is 35.5 Å². The van der Waals surface area contributed by atoms with Gasteiger partial charge in [0, 0.05) is 19.6 Å². The second-order valence-electron chi connectivity index (χ2n) is 4.95. The molecule has 0 bridgehead atoms.